The van der Waals surface area contributed by atoms with Crippen molar-refractivity contribution in [2.75, 3.05) is 0 Å². The van der Waals surface area contributed by atoms with E-state index >= 15 is 0 Å². The van der Waals surface area contributed by atoms with Crippen LogP contribution in [0, 0.1) is 6.92 Å². The zero-order chi connectivity index (χ0) is 47.2. The highest BCUT2D eigenvalue weighted by Crippen LogP contribution is 2.48. The summed E-state index contributed by atoms with van der Waals surface area (Å²) in [5.74, 6) is 0. The molecule has 0 saturated carbocycles. The van der Waals surface area contributed by atoms with Crippen molar-refractivity contribution in [3.63, 3.8) is 0 Å². The van der Waals surface area contributed by atoms with Gasteiger partial charge in [-0.05, 0) is 174 Å². The van der Waals surface area contributed by atoms with Gasteiger partial charge in [-0.25, -0.2) is 0 Å². The monoisotopic (exact) mass is 901 g/mol. The van der Waals surface area contributed by atoms with E-state index in [1.165, 1.54) is 130 Å². The number of nitrogens with zero attached hydrogens (tertiary/aromatic N) is 1. The van der Waals surface area contributed by atoms with Gasteiger partial charge in [0.15, 0.2) is 0 Å². The molecule has 0 radical (unpaired) electrons. The predicted molar refractivity (Wildman–Crippen MR) is 306 cm³/mol. The van der Waals surface area contributed by atoms with E-state index in [-0.39, 0.29) is 0 Å². The van der Waals surface area contributed by atoms with E-state index < -0.39 is 0 Å². The fourth-order valence-corrected chi connectivity index (χ4v) is 12.0. The smallest absolute Gasteiger partial charge is 0.0714 e. The molecule has 1 heterocycles. The van der Waals surface area contributed by atoms with E-state index in [9.17, 15) is 0 Å². The molecular formula is C70H47N. The third kappa shape index (κ3) is 6.50. The molecule has 71 heavy (non-hydrogen) atoms. The van der Waals surface area contributed by atoms with Crippen LogP contribution in [0.3, 0.4) is 0 Å². The Morgan fingerprint density at radius 3 is 1.41 bits per heavy atom. The van der Waals surface area contributed by atoms with E-state index in [1.807, 2.05) is 0 Å². The summed E-state index contributed by atoms with van der Waals surface area (Å²) in [5, 5.41) is 21.3. The van der Waals surface area contributed by atoms with Gasteiger partial charge in [0.1, 0.15) is 0 Å². The molecule has 14 rings (SSSR count). The molecule has 332 valence electrons. The minimum atomic E-state index is 0.960. The second-order valence-corrected chi connectivity index (χ2v) is 19.2. The van der Waals surface area contributed by atoms with Crippen molar-refractivity contribution >= 4 is 92.3 Å². The molecule has 1 aromatic heterocycles. The van der Waals surface area contributed by atoms with Gasteiger partial charge in [-0.3, -0.25) is 4.98 Å². The fraction of sp³-hybridized carbons (Fsp3) is 0.0429. The van der Waals surface area contributed by atoms with Crippen molar-refractivity contribution in [1.29, 1.82) is 0 Å². The first-order valence-electron chi connectivity index (χ1n) is 24.9. The van der Waals surface area contributed by atoms with Crippen LogP contribution in [0.5, 0.6) is 0 Å². The normalized spacial score (nSPS) is 12.2. The fourth-order valence-electron chi connectivity index (χ4n) is 12.0. The van der Waals surface area contributed by atoms with Crippen LogP contribution in [-0.4, -0.2) is 4.98 Å². The average Bonchev–Trinajstić information content (AvgIpc) is 3.43. The van der Waals surface area contributed by atoms with Crippen LogP contribution in [0.25, 0.3) is 148 Å². The van der Waals surface area contributed by atoms with Crippen molar-refractivity contribution in [1.82, 2.24) is 4.98 Å². The van der Waals surface area contributed by atoms with Crippen molar-refractivity contribution < 1.29 is 0 Å². The van der Waals surface area contributed by atoms with Gasteiger partial charge in [-0.15, -0.1) is 0 Å². The van der Waals surface area contributed by atoms with Crippen molar-refractivity contribution in [3.05, 3.63) is 241 Å². The largest absolute Gasteiger partial charge is 0.256 e. The molecule has 1 nitrogen and oxygen atoms in total. The molecule has 0 spiro atoms. The molecule has 0 aliphatic carbocycles. The SMILES string of the molecule is CC/C=c1/ccc2c(-c3c4ccccc4c(-c4ccc(-c5ccc6c(-c7ccc8ccccc8c7)c7ccccc7c(-c7ccc8ccccc8c7)c6c5)cn4)c4ccccc34)ccc3ccc(C)c1c32. The molecule has 13 aromatic carbocycles. The second-order valence-electron chi connectivity index (χ2n) is 19.2. The summed E-state index contributed by atoms with van der Waals surface area (Å²) in [6.45, 7) is 4.47. The minimum Gasteiger partial charge on any atom is -0.256 e. The summed E-state index contributed by atoms with van der Waals surface area (Å²) in [4.78, 5) is 5.38. The summed E-state index contributed by atoms with van der Waals surface area (Å²) in [6.07, 6.45) is 5.44. The number of aromatic nitrogens is 1. The number of hydrogen-bond acceptors (Lipinski definition) is 1. The predicted octanol–water partition coefficient (Wildman–Crippen LogP) is 18.9. The van der Waals surface area contributed by atoms with Gasteiger partial charge in [0.2, 0.25) is 0 Å². The molecule has 0 fully saturated rings. The Morgan fingerprint density at radius 2 is 0.817 bits per heavy atom. The lowest BCUT2D eigenvalue weighted by atomic mass is 9.84. The molecule has 0 unspecified atom stereocenters. The zero-order valence-electron chi connectivity index (χ0n) is 39.7. The van der Waals surface area contributed by atoms with E-state index in [2.05, 4.69) is 251 Å². The van der Waals surface area contributed by atoms with E-state index in [4.69, 9.17) is 4.98 Å². The molecule has 0 N–H and O–H groups in total. The van der Waals surface area contributed by atoms with Crippen LogP contribution >= 0.6 is 0 Å². The Balaban J connectivity index is 0.959. The van der Waals surface area contributed by atoms with Crippen molar-refractivity contribution in [2.24, 2.45) is 0 Å². The van der Waals surface area contributed by atoms with Crippen LogP contribution in [0.1, 0.15) is 18.9 Å². The van der Waals surface area contributed by atoms with Gasteiger partial charge in [0.05, 0.1) is 5.69 Å². The highest BCUT2D eigenvalue weighted by atomic mass is 14.7. The first-order chi connectivity index (χ1) is 35.1. The highest BCUT2D eigenvalue weighted by molar-refractivity contribution is 6.26. The number of rotatable bonds is 6. The van der Waals surface area contributed by atoms with Crippen LogP contribution in [0.4, 0.5) is 0 Å². The van der Waals surface area contributed by atoms with E-state index in [0.29, 0.717) is 0 Å². The maximum Gasteiger partial charge on any atom is 0.0714 e. The summed E-state index contributed by atoms with van der Waals surface area (Å²) < 4.78 is 0. The quantitative estimate of drug-likeness (QED) is 0.152. The van der Waals surface area contributed by atoms with Gasteiger partial charge < -0.3 is 0 Å². The van der Waals surface area contributed by atoms with Gasteiger partial charge in [0.25, 0.3) is 0 Å². The lowest BCUT2D eigenvalue weighted by molar-refractivity contribution is 1.29. The van der Waals surface area contributed by atoms with E-state index in [0.717, 1.165) is 28.8 Å². The van der Waals surface area contributed by atoms with Gasteiger partial charge in [-0.2, -0.15) is 0 Å². The minimum absolute atomic E-state index is 0.960. The van der Waals surface area contributed by atoms with Crippen molar-refractivity contribution in [3.8, 4) is 55.8 Å². The lowest BCUT2D eigenvalue weighted by Gasteiger charge is -2.20. The Kier molecular flexibility index (Phi) is 9.47. The van der Waals surface area contributed by atoms with Gasteiger partial charge in [-0.1, -0.05) is 213 Å². The molecule has 0 amide bonds. The average molecular weight is 902 g/mol. The summed E-state index contributed by atoms with van der Waals surface area (Å²) in [5.41, 5.74) is 13.1. The van der Waals surface area contributed by atoms with Gasteiger partial charge >= 0.3 is 0 Å². The Bertz CT molecular complexity index is 4500. The number of benzene rings is 13. The number of aryl methyl sites for hydroxylation is 1. The molecule has 0 aliphatic rings. The number of pyridine rings is 1. The Hall–Kier alpha value is -8.91. The van der Waals surface area contributed by atoms with Crippen LogP contribution < -0.4 is 5.22 Å². The second kappa shape index (κ2) is 16.4. The van der Waals surface area contributed by atoms with Crippen LogP contribution in [-0.2, 0) is 0 Å². The topological polar surface area (TPSA) is 12.9 Å². The molecule has 0 atom stereocenters. The number of fused-ring (bicyclic) bond motifs is 6. The molecular weight excluding hydrogens is 855 g/mol. The summed E-state index contributed by atoms with van der Waals surface area (Å²) >= 11 is 0. The molecule has 0 saturated heterocycles. The van der Waals surface area contributed by atoms with Gasteiger partial charge in [0, 0.05) is 17.3 Å². The van der Waals surface area contributed by atoms with Crippen LogP contribution in [0.2, 0.25) is 0 Å². The summed E-state index contributed by atoms with van der Waals surface area (Å²) in [6, 6.07) is 83.5. The standard InChI is InChI=1S/C70H47N/c1-3-14-46-31-35-60-61(36-32-47-26-25-43(2)65(46)68(47)60)69-56-21-10-12-23-58(56)70(59-24-13-11-22-57(59)69)64-38-34-53(42-71-64)50-33-37-62-63(41-50)67(52-30-28-45-16-5-7-18-49(45)40-52)55-20-9-8-19-54(55)66(62)51-29-27-44-15-4-6-17-48(44)39-51/h4-42H,3H2,1-2H3/b46-14-. The Morgan fingerprint density at radius 1 is 0.338 bits per heavy atom. The third-order valence-electron chi connectivity index (χ3n) is 15.2. The first kappa shape index (κ1) is 41.1. The Labute approximate surface area is 412 Å². The van der Waals surface area contributed by atoms with Crippen LogP contribution in [0.15, 0.2) is 231 Å². The van der Waals surface area contributed by atoms with E-state index in [1.54, 1.807) is 0 Å². The third-order valence-corrected chi connectivity index (χ3v) is 15.2. The lowest BCUT2D eigenvalue weighted by Crippen LogP contribution is -2.04. The maximum atomic E-state index is 5.38. The summed E-state index contributed by atoms with van der Waals surface area (Å²) in [7, 11) is 0. The first-order valence-corrected chi connectivity index (χ1v) is 24.9. The molecule has 0 bridgehead atoms. The molecule has 1 heteroatoms. The number of hydrogen-bond donors (Lipinski definition) is 0. The zero-order valence-corrected chi connectivity index (χ0v) is 39.7. The highest BCUT2D eigenvalue weighted by Gasteiger charge is 2.22. The molecule has 0 aliphatic heterocycles. The van der Waals surface area contributed by atoms with Crippen molar-refractivity contribution in [2.45, 2.75) is 20.3 Å². The molecule has 14 aromatic rings. The maximum absolute atomic E-state index is 5.38.